The minimum absolute atomic E-state index is 0.0676. The first kappa shape index (κ1) is 19.4. The van der Waals surface area contributed by atoms with Crippen LogP contribution in [-0.4, -0.2) is 37.1 Å². The van der Waals surface area contributed by atoms with Crippen LogP contribution < -0.4 is 16.9 Å². The SMILES string of the molecule is Bc1nn(Cc2nc3scc(C)c3c(=O)n2-c2ccccc2CC)c2ncnc(N)c12. The molecule has 0 bridgehead atoms. The Labute approximate surface area is 182 Å². The Hall–Kier alpha value is -3.53. The number of aromatic nitrogens is 6. The molecule has 0 unspecified atom stereocenters. The van der Waals surface area contributed by atoms with E-state index in [0.717, 1.165) is 39.0 Å². The second-order valence-electron chi connectivity index (χ2n) is 7.45. The fourth-order valence-electron chi connectivity index (χ4n) is 4.01. The molecule has 2 N–H and O–H groups in total. The van der Waals surface area contributed by atoms with Crippen molar-refractivity contribution in [1.29, 1.82) is 0 Å². The van der Waals surface area contributed by atoms with E-state index < -0.39 is 0 Å². The van der Waals surface area contributed by atoms with Gasteiger partial charge < -0.3 is 5.73 Å². The Morgan fingerprint density at radius 2 is 2.00 bits per heavy atom. The maximum Gasteiger partial charge on any atom is 0.267 e. The number of aryl methyl sites for hydroxylation is 2. The molecule has 4 aromatic heterocycles. The molecule has 0 saturated heterocycles. The third-order valence-electron chi connectivity index (χ3n) is 5.50. The Balaban J connectivity index is 1.80. The summed E-state index contributed by atoms with van der Waals surface area (Å²) in [7, 11) is 1.87. The summed E-state index contributed by atoms with van der Waals surface area (Å²) >= 11 is 1.48. The van der Waals surface area contributed by atoms with Crippen LogP contribution in [0.25, 0.3) is 26.9 Å². The van der Waals surface area contributed by atoms with Gasteiger partial charge in [0.2, 0.25) is 0 Å². The van der Waals surface area contributed by atoms with E-state index in [0.29, 0.717) is 22.7 Å². The second kappa shape index (κ2) is 7.31. The van der Waals surface area contributed by atoms with E-state index in [4.69, 9.17) is 10.7 Å². The minimum atomic E-state index is -0.0676. The molecule has 0 aliphatic heterocycles. The van der Waals surface area contributed by atoms with Crippen LogP contribution in [0.3, 0.4) is 0 Å². The van der Waals surface area contributed by atoms with Gasteiger partial charge in [-0.1, -0.05) is 25.1 Å². The number of hydrogen-bond donors (Lipinski definition) is 1. The largest absolute Gasteiger partial charge is 0.383 e. The Morgan fingerprint density at radius 3 is 2.81 bits per heavy atom. The van der Waals surface area contributed by atoms with Crippen molar-refractivity contribution >= 4 is 51.8 Å². The van der Waals surface area contributed by atoms with E-state index in [1.54, 1.807) is 9.25 Å². The average molecular weight is 429 g/mol. The third-order valence-corrected chi connectivity index (χ3v) is 6.49. The molecule has 0 atom stereocenters. The van der Waals surface area contributed by atoms with Crippen molar-refractivity contribution in [2.75, 3.05) is 5.73 Å². The van der Waals surface area contributed by atoms with Gasteiger partial charge in [-0.3, -0.25) is 9.36 Å². The van der Waals surface area contributed by atoms with Crippen LogP contribution in [0.5, 0.6) is 0 Å². The first-order chi connectivity index (χ1) is 15.0. The highest BCUT2D eigenvalue weighted by Crippen LogP contribution is 2.24. The van der Waals surface area contributed by atoms with Crippen LogP contribution in [0.15, 0.2) is 40.8 Å². The number of hydrogen-bond acceptors (Lipinski definition) is 7. The molecule has 0 spiro atoms. The minimum Gasteiger partial charge on any atom is -0.383 e. The van der Waals surface area contributed by atoms with Crippen molar-refractivity contribution < 1.29 is 0 Å². The van der Waals surface area contributed by atoms with Gasteiger partial charge in [-0.05, 0) is 35.9 Å². The molecular weight excluding hydrogens is 409 g/mol. The predicted octanol–water partition coefficient (Wildman–Crippen LogP) is 1.35. The molecule has 0 fully saturated rings. The van der Waals surface area contributed by atoms with Gasteiger partial charge in [0.1, 0.15) is 29.3 Å². The number of fused-ring (bicyclic) bond motifs is 2. The summed E-state index contributed by atoms with van der Waals surface area (Å²) in [4.78, 5) is 27.7. The van der Waals surface area contributed by atoms with Gasteiger partial charge in [0.15, 0.2) is 13.5 Å². The number of rotatable bonds is 4. The molecule has 0 radical (unpaired) electrons. The summed E-state index contributed by atoms with van der Waals surface area (Å²) in [6.45, 7) is 4.30. The van der Waals surface area contributed by atoms with E-state index in [2.05, 4.69) is 22.0 Å². The Bertz CT molecular complexity index is 1520. The number of nitrogen functional groups attached to an aromatic ring is 1. The van der Waals surface area contributed by atoms with Gasteiger partial charge >= 0.3 is 0 Å². The first-order valence-electron chi connectivity index (χ1n) is 10.0. The molecule has 10 heteroatoms. The Morgan fingerprint density at radius 1 is 1.19 bits per heavy atom. The molecule has 5 aromatic rings. The van der Waals surface area contributed by atoms with Gasteiger partial charge in [0.05, 0.1) is 16.5 Å². The van der Waals surface area contributed by atoms with E-state index in [9.17, 15) is 4.79 Å². The number of para-hydroxylation sites is 1. The van der Waals surface area contributed by atoms with Crippen LogP contribution in [-0.2, 0) is 13.0 Å². The molecule has 0 aliphatic carbocycles. The zero-order valence-corrected chi connectivity index (χ0v) is 18.3. The smallest absolute Gasteiger partial charge is 0.267 e. The van der Waals surface area contributed by atoms with Gasteiger partial charge in [-0.2, -0.15) is 5.10 Å². The highest BCUT2D eigenvalue weighted by molar-refractivity contribution is 7.16. The zero-order chi connectivity index (χ0) is 21.7. The van der Waals surface area contributed by atoms with Crippen LogP contribution in [0.2, 0.25) is 0 Å². The average Bonchev–Trinajstić information content (AvgIpc) is 3.29. The molecule has 0 amide bonds. The topological polar surface area (TPSA) is 105 Å². The van der Waals surface area contributed by atoms with E-state index in [-0.39, 0.29) is 12.1 Å². The molecule has 0 saturated carbocycles. The summed E-state index contributed by atoms with van der Waals surface area (Å²) in [6.07, 6.45) is 2.23. The molecule has 31 heavy (non-hydrogen) atoms. The molecular formula is C21H20BN7OS. The molecule has 4 heterocycles. The monoisotopic (exact) mass is 429 g/mol. The number of benzene rings is 1. The maximum atomic E-state index is 13.7. The first-order valence-corrected chi connectivity index (χ1v) is 10.9. The van der Waals surface area contributed by atoms with Crippen molar-refractivity contribution in [3.05, 3.63) is 63.3 Å². The van der Waals surface area contributed by atoms with Crippen LogP contribution in [0.4, 0.5) is 5.82 Å². The standard InChI is InChI=1S/C21H20BN7OS/c1-3-12-6-4-5-7-13(12)29-14(26-20-15(21(29)30)11(2)9-31-20)8-28-19-16(17(22)27-28)18(23)24-10-25-19/h4-7,9-10H,3,8,22H2,1-2H3,(H2,23,24,25). The van der Waals surface area contributed by atoms with Crippen LogP contribution in [0, 0.1) is 6.92 Å². The van der Waals surface area contributed by atoms with Crippen molar-refractivity contribution in [2.45, 2.75) is 26.8 Å². The van der Waals surface area contributed by atoms with Crippen LogP contribution >= 0.6 is 11.3 Å². The summed E-state index contributed by atoms with van der Waals surface area (Å²) in [5.41, 5.74) is 10.2. The number of anilines is 1. The molecule has 154 valence electrons. The Kier molecular flexibility index (Phi) is 4.59. The summed E-state index contributed by atoms with van der Waals surface area (Å²) in [6, 6.07) is 7.93. The lowest BCUT2D eigenvalue weighted by atomic mass is 10.0. The van der Waals surface area contributed by atoms with E-state index in [1.807, 2.05) is 44.4 Å². The van der Waals surface area contributed by atoms with Gasteiger partial charge in [-0.15, -0.1) is 11.3 Å². The van der Waals surface area contributed by atoms with E-state index in [1.165, 1.54) is 17.7 Å². The summed E-state index contributed by atoms with van der Waals surface area (Å²) < 4.78 is 3.45. The third kappa shape index (κ3) is 3.02. The number of thiophene rings is 1. The lowest BCUT2D eigenvalue weighted by Gasteiger charge is -2.16. The highest BCUT2D eigenvalue weighted by Gasteiger charge is 2.20. The molecule has 8 nitrogen and oxygen atoms in total. The number of nitrogens with zero attached hydrogens (tertiary/aromatic N) is 6. The summed E-state index contributed by atoms with van der Waals surface area (Å²) in [5.74, 6) is 0.988. The second-order valence-corrected chi connectivity index (χ2v) is 8.31. The zero-order valence-electron chi connectivity index (χ0n) is 17.5. The predicted molar refractivity (Wildman–Crippen MR) is 126 cm³/mol. The fourth-order valence-corrected chi connectivity index (χ4v) is 4.94. The van der Waals surface area contributed by atoms with Gasteiger partial charge in [0.25, 0.3) is 5.56 Å². The fraction of sp³-hybridized carbons (Fsp3) is 0.190. The number of nitrogens with two attached hydrogens (primary N) is 1. The normalized spacial score (nSPS) is 11.5. The summed E-state index contributed by atoms with van der Waals surface area (Å²) in [5, 5.41) is 7.97. The molecule has 1 aromatic carbocycles. The lowest BCUT2D eigenvalue weighted by Crippen LogP contribution is -2.26. The van der Waals surface area contributed by atoms with Gasteiger partial charge in [0, 0.05) is 5.59 Å². The van der Waals surface area contributed by atoms with Gasteiger partial charge in [-0.25, -0.2) is 19.6 Å². The highest BCUT2D eigenvalue weighted by atomic mass is 32.1. The quantitative estimate of drug-likeness (QED) is 0.433. The maximum absolute atomic E-state index is 13.7. The van der Waals surface area contributed by atoms with Crippen molar-refractivity contribution in [2.24, 2.45) is 0 Å². The van der Waals surface area contributed by atoms with E-state index >= 15 is 0 Å². The van der Waals surface area contributed by atoms with Crippen molar-refractivity contribution in [3.8, 4) is 5.69 Å². The molecule has 0 aliphatic rings. The lowest BCUT2D eigenvalue weighted by molar-refractivity contribution is 0.653. The van der Waals surface area contributed by atoms with Crippen molar-refractivity contribution in [1.82, 2.24) is 29.3 Å². The van der Waals surface area contributed by atoms with Crippen LogP contribution in [0.1, 0.15) is 23.9 Å². The van der Waals surface area contributed by atoms with Crippen molar-refractivity contribution in [3.63, 3.8) is 0 Å². The molecule has 5 rings (SSSR count).